The molecule has 0 fully saturated rings. The van der Waals surface area contributed by atoms with Crippen LogP contribution in [-0.4, -0.2) is 10.5 Å². The molecule has 0 N–H and O–H groups in total. The fourth-order valence-corrected chi connectivity index (χ4v) is 3.29. The van der Waals surface area contributed by atoms with Gasteiger partial charge in [0.25, 0.3) is 0 Å². The second-order valence-corrected chi connectivity index (χ2v) is 7.65. The molecule has 0 rings (SSSR count). The number of hydrogen-bond donors (Lipinski definition) is 0. The highest BCUT2D eigenvalue weighted by molar-refractivity contribution is 8.00. The van der Waals surface area contributed by atoms with E-state index < -0.39 is 0 Å². The van der Waals surface area contributed by atoms with Crippen molar-refractivity contribution >= 4 is 11.8 Å². The van der Waals surface area contributed by atoms with Crippen LogP contribution >= 0.6 is 11.8 Å². The Kier molecular flexibility index (Phi) is 3.95. The maximum Gasteiger partial charge on any atom is 0.0228 e. The lowest BCUT2D eigenvalue weighted by Gasteiger charge is -2.51. The first kappa shape index (κ1) is 13.4. The lowest BCUT2D eigenvalue weighted by Crippen LogP contribution is -2.47. The van der Waals surface area contributed by atoms with Crippen molar-refractivity contribution in [2.75, 3.05) is 5.75 Å². The molecule has 0 aliphatic heterocycles. The zero-order valence-electron chi connectivity index (χ0n) is 10.6. The minimum Gasteiger partial charge on any atom is -0.155 e. The van der Waals surface area contributed by atoms with Gasteiger partial charge in [0.2, 0.25) is 0 Å². The van der Waals surface area contributed by atoms with Crippen molar-refractivity contribution in [3.63, 3.8) is 0 Å². The van der Waals surface area contributed by atoms with Gasteiger partial charge in [-0.15, -0.1) is 0 Å². The minimum absolute atomic E-state index is 0.342. The minimum atomic E-state index is 0.342. The Labute approximate surface area is 88.9 Å². The maximum atomic E-state index is 2.40. The van der Waals surface area contributed by atoms with Crippen LogP contribution < -0.4 is 0 Å². The fraction of sp³-hybridized carbons (Fsp3) is 1.00. The average molecular weight is 202 g/mol. The number of rotatable bonds is 2. The largest absolute Gasteiger partial charge is 0.155 e. The molecule has 13 heavy (non-hydrogen) atoms. The van der Waals surface area contributed by atoms with Crippen LogP contribution in [0.5, 0.6) is 0 Å². The normalized spacial score (nSPS) is 14.8. The third-order valence-electron chi connectivity index (χ3n) is 3.30. The first-order valence-corrected chi connectivity index (χ1v) is 6.19. The third kappa shape index (κ3) is 2.65. The summed E-state index contributed by atoms with van der Waals surface area (Å²) in [7, 11) is 0. The lowest BCUT2D eigenvalue weighted by atomic mass is 9.67. The van der Waals surface area contributed by atoms with E-state index in [1.165, 1.54) is 5.75 Å². The van der Waals surface area contributed by atoms with E-state index in [9.17, 15) is 0 Å². The van der Waals surface area contributed by atoms with E-state index in [1.807, 2.05) is 0 Å². The van der Waals surface area contributed by atoms with E-state index in [-0.39, 0.29) is 0 Å². The summed E-state index contributed by atoms with van der Waals surface area (Å²) < 4.78 is 0.342. The first-order valence-electron chi connectivity index (χ1n) is 5.20. The van der Waals surface area contributed by atoms with Crippen LogP contribution in [0, 0.1) is 10.8 Å². The van der Waals surface area contributed by atoms with E-state index >= 15 is 0 Å². The number of thioether (sulfide) groups is 1. The average Bonchev–Trinajstić information content (AvgIpc) is 1.82. The fourth-order valence-electron chi connectivity index (χ4n) is 1.85. The topological polar surface area (TPSA) is 0 Å². The maximum absolute atomic E-state index is 2.40. The molecule has 0 aromatic rings. The molecule has 0 heterocycles. The van der Waals surface area contributed by atoms with Gasteiger partial charge < -0.3 is 0 Å². The summed E-state index contributed by atoms with van der Waals surface area (Å²) in [4.78, 5) is 0. The third-order valence-corrected chi connectivity index (χ3v) is 5.39. The quantitative estimate of drug-likeness (QED) is 0.631. The summed E-state index contributed by atoms with van der Waals surface area (Å²) in [6.07, 6.45) is 0. The van der Waals surface area contributed by atoms with Crippen LogP contribution in [-0.2, 0) is 0 Å². The van der Waals surface area contributed by atoms with Crippen LogP contribution in [0.25, 0.3) is 0 Å². The van der Waals surface area contributed by atoms with Crippen molar-refractivity contribution in [1.29, 1.82) is 0 Å². The van der Waals surface area contributed by atoms with E-state index in [2.05, 4.69) is 67.2 Å². The van der Waals surface area contributed by atoms with Gasteiger partial charge in [-0.25, -0.2) is 0 Å². The Morgan fingerprint density at radius 1 is 0.769 bits per heavy atom. The van der Waals surface area contributed by atoms with Gasteiger partial charge >= 0.3 is 0 Å². The summed E-state index contributed by atoms with van der Waals surface area (Å²) >= 11 is 2.09. The molecule has 0 aromatic heterocycles. The molecule has 0 atom stereocenters. The van der Waals surface area contributed by atoms with Crippen molar-refractivity contribution in [3.05, 3.63) is 0 Å². The molecule has 0 unspecified atom stereocenters. The molecule has 0 spiro atoms. The SMILES string of the molecule is CCSC(C)(C(C)(C)C)C(C)(C)C. The molecular formula is C12H26S. The van der Waals surface area contributed by atoms with Crippen molar-refractivity contribution in [1.82, 2.24) is 0 Å². The van der Waals surface area contributed by atoms with Crippen LogP contribution in [0.4, 0.5) is 0 Å². The van der Waals surface area contributed by atoms with E-state index in [4.69, 9.17) is 0 Å². The molecule has 1 heteroatoms. The van der Waals surface area contributed by atoms with Crippen molar-refractivity contribution in [3.8, 4) is 0 Å². The molecular weight excluding hydrogens is 176 g/mol. The predicted molar refractivity (Wildman–Crippen MR) is 65.4 cm³/mol. The van der Waals surface area contributed by atoms with Gasteiger partial charge in [-0.1, -0.05) is 48.5 Å². The molecule has 0 amide bonds. The Morgan fingerprint density at radius 3 is 1.15 bits per heavy atom. The molecule has 0 aromatic carbocycles. The summed E-state index contributed by atoms with van der Waals surface area (Å²) in [5.41, 5.74) is 0.706. The number of hydrogen-bond acceptors (Lipinski definition) is 1. The molecule has 0 aliphatic rings. The molecule has 0 saturated carbocycles. The Bertz CT molecular complexity index is 143. The Morgan fingerprint density at radius 2 is 1.08 bits per heavy atom. The smallest absolute Gasteiger partial charge is 0.0228 e. The van der Waals surface area contributed by atoms with E-state index in [1.54, 1.807) is 0 Å². The second-order valence-electron chi connectivity index (χ2n) is 5.97. The first-order chi connectivity index (χ1) is 5.56. The Hall–Kier alpha value is 0.350. The van der Waals surface area contributed by atoms with Crippen LogP contribution in [0.3, 0.4) is 0 Å². The van der Waals surface area contributed by atoms with Gasteiger partial charge in [-0.3, -0.25) is 0 Å². The zero-order valence-corrected chi connectivity index (χ0v) is 11.4. The summed E-state index contributed by atoms with van der Waals surface area (Å²) in [5, 5.41) is 0. The monoisotopic (exact) mass is 202 g/mol. The van der Waals surface area contributed by atoms with Gasteiger partial charge in [0.15, 0.2) is 0 Å². The predicted octanol–water partition coefficient (Wildman–Crippen LogP) is 4.59. The van der Waals surface area contributed by atoms with Crippen LogP contribution in [0.1, 0.15) is 55.4 Å². The molecule has 0 saturated heterocycles. The molecule has 0 bridgehead atoms. The van der Waals surface area contributed by atoms with Gasteiger partial charge in [0.1, 0.15) is 0 Å². The highest BCUT2D eigenvalue weighted by Crippen LogP contribution is 2.52. The van der Waals surface area contributed by atoms with E-state index in [0.29, 0.717) is 15.6 Å². The highest BCUT2D eigenvalue weighted by atomic mass is 32.2. The van der Waals surface area contributed by atoms with Crippen molar-refractivity contribution < 1.29 is 0 Å². The van der Waals surface area contributed by atoms with Gasteiger partial charge in [0, 0.05) is 4.75 Å². The van der Waals surface area contributed by atoms with Gasteiger partial charge in [-0.05, 0) is 23.5 Å². The van der Waals surface area contributed by atoms with Crippen LogP contribution in [0.2, 0.25) is 0 Å². The van der Waals surface area contributed by atoms with Crippen molar-refractivity contribution in [2.24, 2.45) is 10.8 Å². The van der Waals surface area contributed by atoms with E-state index in [0.717, 1.165) is 0 Å². The molecule has 0 aliphatic carbocycles. The summed E-state index contributed by atoms with van der Waals surface area (Å²) in [6, 6.07) is 0. The molecule has 0 radical (unpaired) electrons. The molecule has 80 valence electrons. The highest BCUT2D eigenvalue weighted by Gasteiger charge is 2.46. The van der Waals surface area contributed by atoms with Crippen molar-refractivity contribution in [2.45, 2.75) is 60.1 Å². The summed E-state index contributed by atoms with van der Waals surface area (Å²) in [6.45, 7) is 18.7. The summed E-state index contributed by atoms with van der Waals surface area (Å²) in [5.74, 6) is 1.20. The van der Waals surface area contributed by atoms with Gasteiger partial charge in [-0.2, -0.15) is 11.8 Å². The van der Waals surface area contributed by atoms with Gasteiger partial charge in [0.05, 0.1) is 0 Å². The lowest BCUT2D eigenvalue weighted by molar-refractivity contribution is 0.158. The second kappa shape index (κ2) is 3.84. The standard InChI is InChI=1S/C12H26S/c1-9-13-12(8,10(2,3)4)11(5,6)7/h9H2,1-8H3. The molecule has 0 nitrogen and oxygen atoms in total. The van der Waals surface area contributed by atoms with Crippen LogP contribution in [0.15, 0.2) is 0 Å². The zero-order chi connectivity index (χ0) is 10.9. The Balaban J connectivity index is 4.96.